The summed E-state index contributed by atoms with van der Waals surface area (Å²) < 4.78 is 14.4. The topological polar surface area (TPSA) is 58.2 Å². The highest BCUT2D eigenvalue weighted by Crippen LogP contribution is 2.30. The Hall–Kier alpha value is -2.21. The number of hydrogen-bond donors (Lipinski definition) is 2. The van der Waals surface area contributed by atoms with Crippen molar-refractivity contribution in [3.8, 4) is 0 Å². The van der Waals surface area contributed by atoms with Crippen molar-refractivity contribution in [2.75, 3.05) is 5.32 Å². The Morgan fingerprint density at radius 2 is 1.83 bits per heavy atom. The molecule has 0 radical (unpaired) electrons. The van der Waals surface area contributed by atoms with Crippen LogP contribution in [0.5, 0.6) is 0 Å². The molecule has 2 amide bonds. The molecule has 0 aliphatic heterocycles. The average Bonchev–Trinajstić information content (AvgIpc) is 3.41. The van der Waals surface area contributed by atoms with Gasteiger partial charge < -0.3 is 10.6 Å². The quantitative estimate of drug-likeness (QED) is 0.813. The summed E-state index contributed by atoms with van der Waals surface area (Å²) in [6.45, 7) is 0.101. The number of rotatable bonds is 5. The average molecular weight is 391 g/mol. The van der Waals surface area contributed by atoms with E-state index in [2.05, 4.69) is 26.6 Å². The second-order valence-corrected chi connectivity index (χ2v) is 6.67. The Kier molecular flexibility index (Phi) is 4.94. The zero-order valence-corrected chi connectivity index (χ0v) is 14.4. The molecule has 0 unspecified atom stereocenters. The molecule has 24 heavy (non-hydrogen) atoms. The van der Waals surface area contributed by atoms with Crippen molar-refractivity contribution >= 4 is 33.4 Å². The molecule has 1 aliphatic carbocycles. The summed E-state index contributed by atoms with van der Waals surface area (Å²) in [7, 11) is 0. The summed E-state index contributed by atoms with van der Waals surface area (Å²) in [5.41, 5.74) is 1.53. The summed E-state index contributed by atoms with van der Waals surface area (Å²) in [5.74, 6) is -0.503. The molecule has 0 atom stereocenters. The third-order valence-electron chi connectivity index (χ3n) is 3.81. The van der Waals surface area contributed by atoms with E-state index in [9.17, 15) is 14.0 Å². The molecule has 1 saturated carbocycles. The van der Waals surface area contributed by atoms with Crippen molar-refractivity contribution in [1.82, 2.24) is 5.32 Å². The smallest absolute Gasteiger partial charge is 0.251 e. The van der Waals surface area contributed by atoms with Gasteiger partial charge in [-0.3, -0.25) is 9.59 Å². The van der Waals surface area contributed by atoms with Crippen LogP contribution in [-0.4, -0.2) is 11.8 Å². The molecule has 6 heteroatoms. The Morgan fingerprint density at radius 1 is 1.12 bits per heavy atom. The van der Waals surface area contributed by atoms with Crippen LogP contribution in [0, 0.1) is 11.7 Å². The van der Waals surface area contributed by atoms with Crippen LogP contribution in [0.25, 0.3) is 0 Å². The predicted octanol–water partition coefficient (Wildman–Crippen LogP) is 3.87. The third-order valence-corrected chi connectivity index (χ3v) is 4.30. The van der Waals surface area contributed by atoms with Crippen molar-refractivity contribution in [1.29, 1.82) is 0 Å². The monoisotopic (exact) mass is 390 g/mol. The molecule has 2 aromatic carbocycles. The van der Waals surface area contributed by atoms with Gasteiger partial charge in [0.25, 0.3) is 5.91 Å². The fraction of sp³-hybridized carbons (Fsp3) is 0.222. The lowest BCUT2D eigenvalue weighted by Gasteiger charge is -2.08. The van der Waals surface area contributed by atoms with Crippen LogP contribution >= 0.6 is 15.9 Å². The fourth-order valence-corrected chi connectivity index (χ4v) is 2.66. The number of halogens is 2. The molecular weight excluding hydrogens is 375 g/mol. The van der Waals surface area contributed by atoms with Crippen LogP contribution in [0.4, 0.5) is 10.1 Å². The highest BCUT2D eigenvalue weighted by atomic mass is 79.9. The SMILES string of the molecule is O=C(NCc1cc(Br)ccc1F)c1ccc(NC(=O)C2CC2)cc1. The van der Waals surface area contributed by atoms with Gasteiger partial charge in [0.1, 0.15) is 5.82 Å². The van der Waals surface area contributed by atoms with Crippen molar-refractivity contribution < 1.29 is 14.0 Å². The normalized spacial score (nSPS) is 13.4. The van der Waals surface area contributed by atoms with Gasteiger partial charge in [-0.1, -0.05) is 15.9 Å². The Balaban J connectivity index is 1.58. The molecule has 0 bridgehead atoms. The molecule has 4 nitrogen and oxygen atoms in total. The van der Waals surface area contributed by atoms with Gasteiger partial charge >= 0.3 is 0 Å². The van der Waals surface area contributed by atoms with Crippen molar-refractivity contribution in [3.63, 3.8) is 0 Å². The zero-order valence-electron chi connectivity index (χ0n) is 12.8. The van der Waals surface area contributed by atoms with Gasteiger partial charge in [-0.2, -0.15) is 0 Å². The zero-order chi connectivity index (χ0) is 17.1. The second kappa shape index (κ2) is 7.13. The van der Waals surface area contributed by atoms with E-state index in [4.69, 9.17) is 0 Å². The van der Waals surface area contributed by atoms with E-state index >= 15 is 0 Å². The number of benzene rings is 2. The van der Waals surface area contributed by atoms with Crippen LogP contribution in [0.3, 0.4) is 0 Å². The predicted molar refractivity (Wildman–Crippen MR) is 93.1 cm³/mol. The maximum Gasteiger partial charge on any atom is 0.251 e. The van der Waals surface area contributed by atoms with Gasteiger partial charge in [-0.15, -0.1) is 0 Å². The Labute approximate surface area is 147 Å². The lowest BCUT2D eigenvalue weighted by Crippen LogP contribution is -2.23. The number of amides is 2. The van der Waals surface area contributed by atoms with Crippen molar-refractivity contribution in [3.05, 3.63) is 63.9 Å². The third kappa shape index (κ3) is 4.20. The first-order valence-corrected chi connectivity index (χ1v) is 8.45. The number of hydrogen-bond acceptors (Lipinski definition) is 2. The van der Waals surface area contributed by atoms with E-state index in [1.54, 1.807) is 36.4 Å². The minimum Gasteiger partial charge on any atom is -0.348 e. The summed E-state index contributed by atoms with van der Waals surface area (Å²) in [6, 6.07) is 11.2. The minimum atomic E-state index is -0.364. The standard InChI is InChI=1S/C18H16BrFN2O2/c19-14-5-8-16(20)13(9-14)10-21-17(23)11-3-6-15(7-4-11)22-18(24)12-1-2-12/h3-9,12H,1-2,10H2,(H,21,23)(H,22,24). The summed E-state index contributed by atoms with van der Waals surface area (Å²) in [5, 5.41) is 5.50. The summed E-state index contributed by atoms with van der Waals surface area (Å²) >= 11 is 3.28. The highest BCUT2D eigenvalue weighted by Gasteiger charge is 2.29. The molecule has 0 aromatic heterocycles. The summed E-state index contributed by atoms with van der Waals surface area (Å²) in [4.78, 5) is 23.8. The van der Waals surface area contributed by atoms with Gasteiger partial charge in [0.2, 0.25) is 5.91 Å². The molecule has 0 spiro atoms. The lowest BCUT2D eigenvalue weighted by atomic mass is 10.1. The largest absolute Gasteiger partial charge is 0.348 e. The van der Waals surface area contributed by atoms with E-state index in [-0.39, 0.29) is 30.1 Å². The lowest BCUT2D eigenvalue weighted by molar-refractivity contribution is -0.117. The molecule has 3 rings (SSSR count). The highest BCUT2D eigenvalue weighted by molar-refractivity contribution is 9.10. The van der Waals surface area contributed by atoms with Crippen LogP contribution in [0.15, 0.2) is 46.9 Å². The first kappa shape index (κ1) is 16.6. The van der Waals surface area contributed by atoms with Gasteiger partial charge in [0.05, 0.1) is 0 Å². The first-order chi connectivity index (χ1) is 11.5. The molecular formula is C18H16BrFN2O2. The Morgan fingerprint density at radius 3 is 2.50 bits per heavy atom. The molecule has 2 aromatic rings. The molecule has 124 valence electrons. The molecule has 0 heterocycles. The summed E-state index contributed by atoms with van der Waals surface area (Å²) in [6.07, 6.45) is 1.89. The van der Waals surface area contributed by atoms with Gasteiger partial charge in [0, 0.05) is 33.7 Å². The van der Waals surface area contributed by atoms with Gasteiger partial charge in [-0.05, 0) is 55.3 Å². The van der Waals surface area contributed by atoms with Gasteiger partial charge in [0.15, 0.2) is 0 Å². The van der Waals surface area contributed by atoms with Crippen molar-refractivity contribution in [2.45, 2.75) is 19.4 Å². The fourth-order valence-electron chi connectivity index (χ4n) is 2.25. The van der Waals surface area contributed by atoms with Crippen LogP contribution in [0.1, 0.15) is 28.8 Å². The van der Waals surface area contributed by atoms with E-state index in [1.807, 2.05) is 0 Å². The van der Waals surface area contributed by atoms with Crippen LogP contribution in [-0.2, 0) is 11.3 Å². The number of anilines is 1. The molecule has 0 saturated heterocycles. The van der Waals surface area contributed by atoms with Gasteiger partial charge in [-0.25, -0.2) is 4.39 Å². The van der Waals surface area contributed by atoms with E-state index in [1.165, 1.54) is 6.07 Å². The molecule has 2 N–H and O–H groups in total. The number of carbonyl (C=O) groups is 2. The Bertz CT molecular complexity index is 773. The van der Waals surface area contributed by atoms with E-state index < -0.39 is 0 Å². The second-order valence-electron chi connectivity index (χ2n) is 5.76. The van der Waals surface area contributed by atoms with E-state index in [0.717, 1.165) is 17.3 Å². The minimum absolute atomic E-state index is 0.0253. The number of carbonyl (C=O) groups excluding carboxylic acids is 2. The maximum atomic E-state index is 13.7. The van der Waals surface area contributed by atoms with Crippen LogP contribution in [0.2, 0.25) is 0 Å². The first-order valence-electron chi connectivity index (χ1n) is 7.66. The van der Waals surface area contributed by atoms with Crippen LogP contribution < -0.4 is 10.6 Å². The maximum absolute atomic E-state index is 13.7. The van der Waals surface area contributed by atoms with E-state index in [0.29, 0.717) is 16.8 Å². The molecule has 1 aliphatic rings. The number of nitrogens with one attached hydrogen (secondary N) is 2. The molecule has 1 fully saturated rings. The van der Waals surface area contributed by atoms with Crippen molar-refractivity contribution in [2.24, 2.45) is 5.92 Å².